The van der Waals surface area contributed by atoms with Crippen molar-refractivity contribution in [2.45, 2.75) is 6.92 Å². The fourth-order valence-electron chi connectivity index (χ4n) is 2.56. The third-order valence-corrected chi connectivity index (χ3v) is 4.29. The van der Waals surface area contributed by atoms with E-state index in [0.29, 0.717) is 27.5 Å². The average Bonchev–Trinajstić information content (AvgIpc) is 3.05. The van der Waals surface area contributed by atoms with Gasteiger partial charge in [-0.2, -0.15) is 5.10 Å². The van der Waals surface area contributed by atoms with E-state index in [-0.39, 0.29) is 11.8 Å². The molecule has 1 heterocycles. The Labute approximate surface area is 155 Å². The van der Waals surface area contributed by atoms with Crippen molar-refractivity contribution in [3.63, 3.8) is 0 Å². The summed E-state index contributed by atoms with van der Waals surface area (Å²) in [5.41, 5.74) is 2.76. The van der Waals surface area contributed by atoms with Crippen LogP contribution in [0.25, 0.3) is 5.69 Å². The minimum atomic E-state index is -0.347. The van der Waals surface area contributed by atoms with Gasteiger partial charge in [-0.1, -0.05) is 29.8 Å². The van der Waals surface area contributed by atoms with Gasteiger partial charge in [-0.25, -0.2) is 4.68 Å². The molecule has 0 bridgehead atoms. The topological polar surface area (TPSA) is 76.0 Å². The Kier molecular flexibility index (Phi) is 5.04. The summed E-state index contributed by atoms with van der Waals surface area (Å²) < 4.78 is 1.69. The second-order valence-electron chi connectivity index (χ2n) is 5.62. The van der Waals surface area contributed by atoms with E-state index in [1.165, 1.54) is 19.3 Å². The molecule has 0 aliphatic rings. The molecule has 0 fully saturated rings. The highest BCUT2D eigenvalue weighted by Gasteiger charge is 2.17. The van der Waals surface area contributed by atoms with Crippen molar-refractivity contribution in [3.8, 4) is 5.69 Å². The summed E-state index contributed by atoms with van der Waals surface area (Å²) in [5.74, 6) is -0.606. The van der Waals surface area contributed by atoms with E-state index in [4.69, 9.17) is 11.6 Å². The molecule has 0 saturated heterocycles. The predicted octanol–water partition coefficient (Wildman–Crippen LogP) is 3.45. The lowest BCUT2D eigenvalue weighted by molar-refractivity contribution is 0.0961. The zero-order chi connectivity index (χ0) is 18.7. The Morgan fingerprint density at radius 1 is 1.08 bits per heavy atom. The molecule has 7 heteroatoms. The average molecular weight is 369 g/mol. The summed E-state index contributed by atoms with van der Waals surface area (Å²) in [7, 11) is 1.54. The molecular weight excluding hydrogens is 352 g/mol. The van der Waals surface area contributed by atoms with Crippen LogP contribution < -0.4 is 10.6 Å². The zero-order valence-corrected chi connectivity index (χ0v) is 15.0. The second-order valence-corrected chi connectivity index (χ2v) is 6.03. The van der Waals surface area contributed by atoms with Gasteiger partial charge in [-0.05, 0) is 37.3 Å². The summed E-state index contributed by atoms with van der Waals surface area (Å²) in [6.07, 6.45) is 1.51. The standard InChI is InChI=1S/C19H17ClN4O2/c1-12-15(11-22-24(12)14-6-4-3-5-7-14)19(26)23-17-10-13(18(25)21-2)8-9-16(17)20/h3-11H,1-2H3,(H,21,25)(H,23,26). The number of halogens is 1. The quantitative estimate of drug-likeness (QED) is 0.740. The zero-order valence-electron chi connectivity index (χ0n) is 14.3. The first-order chi connectivity index (χ1) is 12.5. The van der Waals surface area contributed by atoms with E-state index in [0.717, 1.165) is 5.69 Å². The maximum Gasteiger partial charge on any atom is 0.259 e. The third-order valence-electron chi connectivity index (χ3n) is 3.96. The Bertz CT molecular complexity index is 967. The molecule has 2 amide bonds. The fraction of sp³-hybridized carbons (Fsp3) is 0.105. The molecule has 0 aliphatic heterocycles. The predicted molar refractivity (Wildman–Crippen MR) is 101 cm³/mol. The van der Waals surface area contributed by atoms with Gasteiger partial charge in [0.25, 0.3) is 11.8 Å². The highest BCUT2D eigenvalue weighted by molar-refractivity contribution is 6.34. The van der Waals surface area contributed by atoms with Gasteiger partial charge >= 0.3 is 0 Å². The molecule has 0 saturated carbocycles. The van der Waals surface area contributed by atoms with Crippen LogP contribution in [0.15, 0.2) is 54.7 Å². The molecule has 0 aliphatic carbocycles. The first kappa shape index (κ1) is 17.7. The minimum Gasteiger partial charge on any atom is -0.355 e. The Hall–Kier alpha value is -3.12. The van der Waals surface area contributed by atoms with Crippen LogP contribution in [0.4, 0.5) is 5.69 Å². The van der Waals surface area contributed by atoms with E-state index in [1.807, 2.05) is 37.3 Å². The Morgan fingerprint density at radius 2 is 1.81 bits per heavy atom. The van der Waals surface area contributed by atoms with Crippen molar-refractivity contribution in [2.24, 2.45) is 0 Å². The van der Waals surface area contributed by atoms with Crippen molar-refractivity contribution in [2.75, 3.05) is 12.4 Å². The number of nitrogens with zero attached hydrogens (tertiary/aromatic N) is 2. The first-order valence-corrected chi connectivity index (χ1v) is 8.32. The van der Waals surface area contributed by atoms with Gasteiger partial charge < -0.3 is 10.6 Å². The van der Waals surface area contributed by atoms with E-state index in [9.17, 15) is 9.59 Å². The molecule has 2 N–H and O–H groups in total. The molecule has 2 aromatic carbocycles. The largest absolute Gasteiger partial charge is 0.355 e. The molecule has 26 heavy (non-hydrogen) atoms. The molecule has 0 spiro atoms. The number of rotatable bonds is 4. The van der Waals surface area contributed by atoms with Crippen molar-refractivity contribution < 1.29 is 9.59 Å². The van der Waals surface area contributed by atoms with Crippen LogP contribution in [0.2, 0.25) is 5.02 Å². The molecule has 6 nitrogen and oxygen atoms in total. The lowest BCUT2D eigenvalue weighted by Gasteiger charge is -2.09. The van der Waals surface area contributed by atoms with Crippen LogP contribution in [-0.2, 0) is 0 Å². The number of nitrogens with one attached hydrogen (secondary N) is 2. The maximum atomic E-state index is 12.7. The van der Waals surface area contributed by atoms with E-state index in [2.05, 4.69) is 15.7 Å². The monoisotopic (exact) mass is 368 g/mol. The highest BCUT2D eigenvalue weighted by Crippen LogP contribution is 2.24. The van der Waals surface area contributed by atoms with Gasteiger partial charge in [0.1, 0.15) is 0 Å². The maximum absolute atomic E-state index is 12.7. The number of carbonyl (C=O) groups is 2. The van der Waals surface area contributed by atoms with Gasteiger partial charge in [-0.3, -0.25) is 9.59 Å². The van der Waals surface area contributed by atoms with E-state index < -0.39 is 0 Å². The van der Waals surface area contributed by atoms with Crippen molar-refractivity contribution in [1.82, 2.24) is 15.1 Å². The molecule has 3 aromatic rings. The van der Waals surface area contributed by atoms with Gasteiger partial charge in [0.05, 0.1) is 33.9 Å². The van der Waals surface area contributed by atoms with Gasteiger partial charge in [-0.15, -0.1) is 0 Å². The number of aromatic nitrogens is 2. The van der Waals surface area contributed by atoms with Gasteiger partial charge in [0.2, 0.25) is 0 Å². The first-order valence-electron chi connectivity index (χ1n) is 7.94. The lowest BCUT2D eigenvalue weighted by Crippen LogP contribution is -2.19. The summed E-state index contributed by atoms with van der Waals surface area (Å²) in [6.45, 7) is 1.82. The van der Waals surface area contributed by atoms with Crippen LogP contribution >= 0.6 is 11.6 Å². The highest BCUT2D eigenvalue weighted by atomic mass is 35.5. The molecule has 0 unspecified atom stereocenters. The number of hydrogen-bond donors (Lipinski definition) is 2. The van der Waals surface area contributed by atoms with Crippen molar-refractivity contribution in [1.29, 1.82) is 0 Å². The normalized spacial score (nSPS) is 10.4. The third kappa shape index (κ3) is 3.45. The van der Waals surface area contributed by atoms with E-state index in [1.54, 1.807) is 16.8 Å². The van der Waals surface area contributed by atoms with Crippen LogP contribution in [-0.4, -0.2) is 28.6 Å². The van der Waals surface area contributed by atoms with Crippen LogP contribution in [0.1, 0.15) is 26.4 Å². The number of amides is 2. The second kappa shape index (κ2) is 7.41. The van der Waals surface area contributed by atoms with Crippen LogP contribution in [0, 0.1) is 6.92 Å². The Balaban J connectivity index is 1.88. The minimum absolute atomic E-state index is 0.259. The SMILES string of the molecule is CNC(=O)c1ccc(Cl)c(NC(=O)c2cnn(-c3ccccc3)c2C)c1. The number of para-hydroxylation sites is 1. The van der Waals surface area contributed by atoms with E-state index >= 15 is 0 Å². The molecule has 3 rings (SSSR count). The van der Waals surface area contributed by atoms with Crippen LogP contribution in [0.3, 0.4) is 0 Å². The molecular formula is C19H17ClN4O2. The van der Waals surface area contributed by atoms with Gasteiger partial charge in [0.15, 0.2) is 0 Å². The molecule has 1 aromatic heterocycles. The number of benzene rings is 2. The summed E-state index contributed by atoms with van der Waals surface area (Å²) in [4.78, 5) is 24.4. The molecule has 0 radical (unpaired) electrons. The number of hydrogen-bond acceptors (Lipinski definition) is 3. The summed E-state index contributed by atoms with van der Waals surface area (Å²) in [6, 6.07) is 14.2. The summed E-state index contributed by atoms with van der Waals surface area (Å²) >= 11 is 6.15. The van der Waals surface area contributed by atoms with Crippen molar-refractivity contribution in [3.05, 3.63) is 76.6 Å². The number of anilines is 1. The Morgan fingerprint density at radius 3 is 2.50 bits per heavy atom. The smallest absolute Gasteiger partial charge is 0.259 e. The van der Waals surface area contributed by atoms with Crippen molar-refractivity contribution >= 4 is 29.1 Å². The van der Waals surface area contributed by atoms with Gasteiger partial charge in [0, 0.05) is 12.6 Å². The lowest BCUT2D eigenvalue weighted by atomic mass is 10.1. The fourth-order valence-corrected chi connectivity index (χ4v) is 2.72. The van der Waals surface area contributed by atoms with Crippen LogP contribution in [0.5, 0.6) is 0 Å². The molecule has 132 valence electrons. The number of carbonyl (C=O) groups excluding carboxylic acids is 2. The summed E-state index contributed by atoms with van der Waals surface area (Å²) in [5, 5.41) is 9.92. The molecule has 0 atom stereocenters.